The third-order valence-electron chi connectivity index (χ3n) is 5.53. The number of ether oxygens (including phenoxy) is 1. The van der Waals surface area contributed by atoms with Crippen LogP contribution in [0, 0.1) is 0 Å². The first-order chi connectivity index (χ1) is 17.0. The Morgan fingerprint density at radius 3 is 2.66 bits per heavy atom. The van der Waals surface area contributed by atoms with Crippen LogP contribution in [0.2, 0.25) is 0 Å². The lowest BCUT2D eigenvalue weighted by atomic mass is 10.1. The molecule has 178 valence electrons. The molecule has 0 aliphatic carbocycles. The van der Waals surface area contributed by atoms with Gasteiger partial charge in [0, 0.05) is 21.6 Å². The van der Waals surface area contributed by atoms with Crippen LogP contribution in [0.4, 0.5) is 5.69 Å². The molecule has 35 heavy (non-hydrogen) atoms. The zero-order valence-corrected chi connectivity index (χ0v) is 21.0. The molecule has 0 fully saturated rings. The maximum Gasteiger partial charge on any atom is 0.282 e. The molecule has 0 saturated carbocycles. The largest absolute Gasteiger partial charge is 0.483 e. The maximum atomic E-state index is 13.3. The second-order valence-corrected chi connectivity index (χ2v) is 8.96. The van der Waals surface area contributed by atoms with Crippen LogP contribution in [-0.4, -0.2) is 28.4 Å². The van der Waals surface area contributed by atoms with Gasteiger partial charge in [-0.05, 0) is 48.9 Å². The molecular weight excluding hydrogens is 508 g/mol. The highest BCUT2D eigenvalue weighted by Crippen LogP contribution is 2.21. The summed E-state index contributed by atoms with van der Waals surface area (Å²) in [6, 6.07) is 21.8. The number of carbonyl (C=O) groups excluding carboxylic acids is 1. The van der Waals surface area contributed by atoms with E-state index < -0.39 is 0 Å². The number of halogens is 1. The minimum absolute atomic E-state index is 0.0288. The lowest BCUT2D eigenvalue weighted by molar-refractivity contribution is -0.118. The van der Waals surface area contributed by atoms with Crippen LogP contribution in [0.5, 0.6) is 5.75 Å². The van der Waals surface area contributed by atoms with Crippen molar-refractivity contribution in [2.24, 2.45) is 5.10 Å². The number of aromatic nitrogens is 2. The Morgan fingerprint density at radius 1 is 1.14 bits per heavy atom. The van der Waals surface area contributed by atoms with E-state index in [9.17, 15) is 9.59 Å². The molecule has 0 bridgehead atoms. The van der Waals surface area contributed by atoms with Crippen LogP contribution in [-0.2, 0) is 4.79 Å². The molecule has 0 unspecified atom stereocenters. The van der Waals surface area contributed by atoms with Crippen molar-refractivity contribution in [2.45, 2.75) is 26.2 Å². The number of rotatable bonds is 8. The first-order valence-corrected chi connectivity index (χ1v) is 12.1. The predicted molar refractivity (Wildman–Crippen MR) is 142 cm³/mol. The van der Waals surface area contributed by atoms with Crippen LogP contribution < -0.4 is 15.6 Å². The van der Waals surface area contributed by atoms with Crippen LogP contribution in [0.25, 0.3) is 10.9 Å². The average Bonchev–Trinajstić information content (AvgIpc) is 2.87. The van der Waals surface area contributed by atoms with Crippen molar-refractivity contribution in [2.75, 3.05) is 11.9 Å². The van der Waals surface area contributed by atoms with Gasteiger partial charge in [0.1, 0.15) is 11.6 Å². The van der Waals surface area contributed by atoms with Gasteiger partial charge in [0.05, 0.1) is 17.1 Å². The normalized spacial score (nSPS) is 12.1. The van der Waals surface area contributed by atoms with E-state index in [4.69, 9.17) is 9.72 Å². The molecule has 0 aliphatic rings. The highest BCUT2D eigenvalue weighted by molar-refractivity contribution is 9.10. The van der Waals surface area contributed by atoms with E-state index >= 15 is 0 Å². The fraction of sp³-hybridized carbons (Fsp3) is 0.185. The fourth-order valence-electron chi connectivity index (χ4n) is 3.48. The topological polar surface area (TPSA) is 85.6 Å². The third-order valence-corrected chi connectivity index (χ3v) is 6.03. The van der Waals surface area contributed by atoms with Gasteiger partial charge >= 0.3 is 0 Å². The van der Waals surface area contributed by atoms with Crippen molar-refractivity contribution < 1.29 is 9.53 Å². The quantitative estimate of drug-likeness (QED) is 0.300. The summed E-state index contributed by atoms with van der Waals surface area (Å²) in [5, 5.41) is 7.77. The van der Waals surface area contributed by atoms with E-state index in [1.165, 1.54) is 4.68 Å². The molecule has 7 nitrogen and oxygen atoms in total. The van der Waals surface area contributed by atoms with Gasteiger partial charge in [-0.2, -0.15) is 9.78 Å². The highest BCUT2D eigenvalue weighted by atomic mass is 79.9. The summed E-state index contributed by atoms with van der Waals surface area (Å²) < 4.78 is 7.91. The molecule has 0 radical (unpaired) electrons. The summed E-state index contributed by atoms with van der Waals surface area (Å²) in [5.41, 5.74) is 1.72. The van der Waals surface area contributed by atoms with Crippen LogP contribution in [0.1, 0.15) is 37.6 Å². The average molecular weight is 533 g/mol. The zero-order valence-electron chi connectivity index (χ0n) is 19.4. The standard InChI is InChI=1S/C27H25BrN4O3/c1-3-18(2)26-31-23-14-13-20(28)15-22(23)27(34)32(26)29-16-19-9-7-8-12-24(19)35-17-25(33)30-21-10-5-4-6-11-21/h4-16,18H,3,17H2,1-2H3,(H,30,33)/t18-/m0/s1. The Balaban J connectivity index is 1.62. The third kappa shape index (κ3) is 5.84. The van der Waals surface area contributed by atoms with Crippen molar-refractivity contribution in [1.82, 2.24) is 9.66 Å². The van der Waals surface area contributed by atoms with Crippen molar-refractivity contribution in [3.05, 3.63) is 99.0 Å². The van der Waals surface area contributed by atoms with Crippen molar-refractivity contribution >= 4 is 44.6 Å². The lowest BCUT2D eigenvalue weighted by Crippen LogP contribution is -2.24. The Kier molecular flexibility index (Phi) is 7.72. The first kappa shape index (κ1) is 24.3. The van der Waals surface area contributed by atoms with Crippen LogP contribution in [0.3, 0.4) is 0 Å². The molecule has 1 heterocycles. The number of benzene rings is 3. The van der Waals surface area contributed by atoms with Gasteiger partial charge in [0.15, 0.2) is 6.61 Å². The Bertz CT molecular complexity index is 1430. The summed E-state index contributed by atoms with van der Waals surface area (Å²) in [4.78, 5) is 30.3. The van der Waals surface area contributed by atoms with E-state index in [0.29, 0.717) is 33.7 Å². The van der Waals surface area contributed by atoms with Gasteiger partial charge in [0.25, 0.3) is 11.5 Å². The summed E-state index contributed by atoms with van der Waals surface area (Å²) in [7, 11) is 0. The van der Waals surface area contributed by atoms with E-state index in [1.807, 2.05) is 62.4 Å². The number of hydrogen-bond acceptors (Lipinski definition) is 5. The Hall–Kier alpha value is -3.78. The van der Waals surface area contributed by atoms with Gasteiger partial charge in [0.2, 0.25) is 0 Å². The van der Waals surface area contributed by atoms with Crippen molar-refractivity contribution in [1.29, 1.82) is 0 Å². The second kappa shape index (κ2) is 11.1. The summed E-state index contributed by atoms with van der Waals surface area (Å²) in [5.74, 6) is 0.821. The number of nitrogens with one attached hydrogen (secondary N) is 1. The van der Waals surface area contributed by atoms with Crippen molar-refractivity contribution in [3.63, 3.8) is 0 Å². The number of hydrogen-bond donors (Lipinski definition) is 1. The van der Waals surface area contributed by atoms with Gasteiger partial charge in [-0.25, -0.2) is 4.98 Å². The number of fused-ring (bicyclic) bond motifs is 1. The van der Waals surface area contributed by atoms with Gasteiger partial charge in [-0.1, -0.05) is 60.1 Å². The number of para-hydroxylation sites is 2. The second-order valence-electron chi connectivity index (χ2n) is 8.04. The van der Waals surface area contributed by atoms with Gasteiger partial charge in [-0.15, -0.1) is 0 Å². The molecule has 1 N–H and O–H groups in total. The molecule has 1 amide bonds. The molecule has 0 saturated heterocycles. The lowest BCUT2D eigenvalue weighted by Gasteiger charge is -2.14. The van der Waals surface area contributed by atoms with Crippen LogP contribution >= 0.6 is 15.9 Å². The molecule has 1 atom stereocenters. The number of carbonyl (C=O) groups is 1. The zero-order chi connectivity index (χ0) is 24.8. The maximum absolute atomic E-state index is 13.3. The molecule has 4 rings (SSSR count). The monoisotopic (exact) mass is 532 g/mol. The summed E-state index contributed by atoms with van der Waals surface area (Å²) in [6.07, 6.45) is 2.36. The van der Waals surface area contributed by atoms with Crippen molar-refractivity contribution in [3.8, 4) is 5.75 Å². The predicted octanol–water partition coefficient (Wildman–Crippen LogP) is 5.57. The smallest absolute Gasteiger partial charge is 0.282 e. The Labute approximate surface area is 211 Å². The Morgan fingerprint density at radius 2 is 1.89 bits per heavy atom. The van der Waals surface area contributed by atoms with E-state index in [0.717, 1.165) is 10.9 Å². The number of anilines is 1. The van der Waals surface area contributed by atoms with E-state index in [2.05, 4.69) is 26.3 Å². The minimum atomic E-state index is -0.275. The molecule has 3 aromatic carbocycles. The molecule has 1 aromatic heterocycles. The summed E-state index contributed by atoms with van der Waals surface area (Å²) in [6.45, 7) is 3.89. The van der Waals surface area contributed by atoms with Gasteiger partial charge < -0.3 is 10.1 Å². The molecule has 4 aromatic rings. The molecule has 8 heteroatoms. The van der Waals surface area contributed by atoms with E-state index in [1.54, 1.807) is 30.5 Å². The number of nitrogens with zero attached hydrogens (tertiary/aromatic N) is 3. The molecular formula is C27H25BrN4O3. The van der Waals surface area contributed by atoms with Crippen LogP contribution in [0.15, 0.2) is 87.2 Å². The highest BCUT2D eigenvalue weighted by Gasteiger charge is 2.16. The number of amides is 1. The minimum Gasteiger partial charge on any atom is -0.483 e. The fourth-order valence-corrected chi connectivity index (χ4v) is 3.84. The van der Waals surface area contributed by atoms with Gasteiger partial charge in [-0.3, -0.25) is 9.59 Å². The first-order valence-electron chi connectivity index (χ1n) is 11.3. The summed E-state index contributed by atoms with van der Waals surface area (Å²) >= 11 is 3.42. The molecule has 0 aliphatic heterocycles. The van der Waals surface area contributed by atoms with E-state index in [-0.39, 0.29) is 24.0 Å². The SMILES string of the molecule is CC[C@H](C)c1nc2ccc(Br)cc2c(=O)n1N=Cc1ccccc1OCC(=O)Nc1ccccc1. The molecule has 0 spiro atoms.